The Labute approximate surface area is 131 Å². The van der Waals surface area contributed by atoms with Crippen LogP contribution >= 0.6 is 0 Å². The van der Waals surface area contributed by atoms with E-state index in [1.807, 2.05) is 0 Å². The molecule has 1 heteroatoms. The van der Waals surface area contributed by atoms with E-state index in [4.69, 9.17) is 0 Å². The normalized spacial score (nSPS) is 24.6. The molecule has 1 saturated carbocycles. The molecule has 4 atom stereocenters. The molecule has 1 aliphatic rings. The summed E-state index contributed by atoms with van der Waals surface area (Å²) in [5.41, 5.74) is 1.98. The Balaban J connectivity index is 1.92. The van der Waals surface area contributed by atoms with Gasteiger partial charge in [-0.15, -0.1) is 0 Å². The van der Waals surface area contributed by atoms with Crippen LogP contribution in [0.25, 0.3) is 0 Å². The van der Waals surface area contributed by atoms with E-state index < -0.39 is 0 Å². The van der Waals surface area contributed by atoms with E-state index in [-0.39, 0.29) is 0 Å². The third-order valence-corrected chi connectivity index (χ3v) is 4.67. The summed E-state index contributed by atoms with van der Waals surface area (Å²) >= 11 is 0. The maximum Gasteiger partial charge on any atom is 0.0104 e. The van der Waals surface area contributed by atoms with Gasteiger partial charge in [0.1, 0.15) is 0 Å². The van der Waals surface area contributed by atoms with Gasteiger partial charge in [-0.1, -0.05) is 65.0 Å². The second-order valence-corrected chi connectivity index (χ2v) is 8.19. The lowest BCUT2D eigenvalue weighted by molar-refractivity contribution is 0.266. The van der Waals surface area contributed by atoms with Crippen LogP contribution in [0, 0.1) is 17.3 Å². The topological polar surface area (TPSA) is 12.0 Å². The van der Waals surface area contributed by atoms with Gasteiger partial charge >= 0.3 is 0 Å². The molecule has 1 nitrogen and oxygen atoms in total. The summed E-state index contributed by atoms with van der Waals surface area (Å²) in [5.74, 6) is 2.43. The van der Waals surface area contributed by atoms with E-state index >= 15 is 0 Å². The second-order valence-electron chi connectivity index (χ2n) is 8.19. The highest BCUT2D eigenvalue weighted by atomic mass is 14.9. The van der Waals surface area contributed by atoms with E-state index in [1.165, 1.54) is 24.8 Å². The van der Waals surface area contributed by atoms with Crippen LogP contribution < -0.4 is 5.32 Å². The Kier molecular flexibility index (Phi) is 5.48. The van der Waals surface area contributed by atoms with Crippen molar-refractivity contribution in [2.24, 2.45) is 17.3 Å². The number of hydrogen-bond acceptors (Lipinski definition) is 1. The Morgan fingerprint density at radius 1 is 1.19 bits per heavy atom. The third-order valence-electron chi connectivity index (χ3n) is 4.67. The lowest BCUT2D eigenvalue weighted by atomic mass is 9.82. The minimum absolute atomic E-state index is 0.443. The molecule has 0 bridgehead atoms. The zero-order chi connectivity index (χ0) is 15.5. The quantitative estimate of drug-likeness (QED) is 0.724. The lowest BCUT2D eigenvalue weighted by Gasteiger charge is -2.27. The molecule has 0 amide bonds. The molecule has 0 aromatic heterocycles. The number of benzene rings is 1. The molecule has 1 N–H and O–H groups in total. The average Bonchev–Trinajstić information content (AvgIpc) is 3.17. The highest BCUT2D eigenvalue weighted by Crippen LogP contribution is 2.50. The molecule has 0 heterocycles. The van der Waals surface area contributed by atoms with Crippen molar-refractivity contribution < 1.29 is 0 Å². The van der Waals surface area contributed by atoms with Crippen molar-refractivity contribution in [3.8, 4) is 0 Å². The summed E-state index contributed by atoms with van der Waals surface area (Å²) in [6, 6.07) is 11.8. The fourth-order valence-corrected chi connectivity index (χ4v) is 3.98. The summed E-state index contributed by atoms with van der Waals surface area (Å²) in [7, 11) is 0. The van der Waals surface area contributed by atoms with Gasteiger partial charge < -0.3 is 5.32 Å². The van der Waals surface area contributed by atoms with Crippen molar-refractivity contribution in [1.29, 1.82) is 0 Å². The SMILES string of the molecule is CCNC(CC(C)CC(C)(C)C)C1CC1c1ccccc1. The summed E-state index contributed by atoms with van der Waals surface area (Å²) in [6.45, 7) is 12.8. The van der Waals surface area contributed by atoms with Gasteiger partial charge in [0.2, 0.25) is 0 Å². The maximum atomic E-state index is 3.76. The molecule has 0 saturated heterocycles. The summed E-state index contributed by atoms with van der Waals surface area (Å²) in [5, 5.41) is 3.76. The van der Waals surface area contributed by atoms with E-state index in [0.717, 1.165) is 24.3 Å². The first-order valence-electron chi connectivity index (χ1n) is 8.69. The fraction of sp³-hybridized carbons (Fsp3) is 0.700. The van der Waals surface area contributed by atoms with Gasteiger partial charge in [0.25, 0.3) is 0 Å². The Morgan fingerprint density at radius 3 is 2.43 bits per heavy atom. The lowest BCUT2D eigenvalue weighted by Crippen LogP contribution is -2.33. The molecule has 4 unspecified atom stereocenters. The highest BCUT2D eigenvalue weighted by molar-refractivity contribution is 5.26. The molecule has 1 aliphatic carbocycles. The van der Waals surface area contributed by atoms with E-state index in [1.54, 1.807) is 0 Å². The van der Waals surface area contributed by atoms with Gasteiger partial charge in [-0.25, -0.2) is 0 Å². The van der Waals surface area contributed by atoms with Crippen molar-refractivity contribution in [2.45, 2.75) is 65.8 Å². The minimum atomic E-state index is 0.443. The zero-order valence-corrected chi connectivity index (χ0v) is 14.5. The standard InChI is InChI=1S/C20H33N/c1-6-21-19(12-15(2)14-20(3,4)5)18-13-17(18)16-10-8-7-9-11-16/h7-11,15,17-19,21H,6,12-14H2,1-5H3. The first kappa shape index (κ1) is 16.5. The van der Waals surface area contributed by atoms with E-state index in [0.29, 0.717) is 11.5 Å². The summed E-state index contributed by atoms with van der Waals surface area (Å²) in [4.78, 5) is 0. The molecular formula is C20H33N. The molecular weight excluding hydrogens is 254 g/mol. The highest BCUT2D eigenvalue weighted by Gasteiger charge is 2.43. The molecule has 118 valence electrons. The molecule has 0 radical (unpaired) electrons. The summed E-state index contributed by atoms with van der Waals surface area (Å²) in [6.07, 6.45) is 4.00. The Morgan fingerprint density at radius 2 is 1.86 bits per heavy atom. The van der Waals surface area contributed by atoms with Gasteiger partial charge in [0.05, 0.1) is 0 Å². The van der Waals surface area contributed by atoms with Crippen LogP contribution in [0.2, 0.25) is 0 Å². The molecule has 2 rings (SSSR count). The fourth-order valence-electron chi connectivity index (χ4n) is 3.98. The Hall–Kier alpha value is -0.820. The second kappa shape index (κ2) is 6.96. The molecule has 0 aliphatic heterocycles. The zero-order valence-electron chi connectivity index (χ0n) is 14.5. The van der Waals surface area contributed by atoms with Crippen LogP contribution in [-0.2, 0) is 0 Å². The summed E-state index contributed by atoms with van der Waals surface area (Å²) < 4.78 is 0. The van der Waals surface area contributed by atoms with Crippen LogP contribution in [0.5, 0.6) is 0 Å². The van der Waals surface area contributed by atoms with Crippen LogP contribution in [-0.4, -0.2) is 12.6 Å². The smallest absolute Gasteiger partial charge is 0.0104 e. The van der Waals surface area contributed by atoms with Crippen LogP contribution in [0.3, 0.4) is 0 Å². The first-order chi connectivity index (χ1) is 9.90. The van der Waals surface area contributed by atoms with Crippen molar-refractivity contribution in [2.75, 3.05) is 6.54 Å². The molecule has 1 aromatic rings. The largest absolute Gasteiger partial charge is 0.314 e. The number of hydrogen-bond donors (Lipinski definition) is 1. The maximum absolute atomic E-state index is 3.76. The third kappa shape index (κ3) is 5.14. The van der Waals surface area contributed by atoms with Crippen LogP contribution in [0.4, 0.5) is 0 Å². The predicted molar refractivity (Wildman–Crippen MR) is 92.6 cm³/mol. The predicted octanol–water partition coefficient (Wildman–Crippen LogP) is 5.23. The molecule has 21 heavy (non-hydrogen) atoms. The number of nitrogens with one attached hydrogen (secondary N) is 1. The van der Waals surface area contributed by atoms with Gasteiger partial charge in [-0.3, -0.25) is 0 Å². The monoisotopic (exact) mass is 287 g/mol. The van der Waals surface area contributed by atoms with Gasteiger partial charge in [0, 0.05) is 6.04 Å². The average molecular weight is 287 g/mol. The van der Waals surface area contributed by atoms with Gasteiger partial charge in [-0.05, 0) is 54.5 Å². The Bertz CT molecular complexity index is 417. The van der Waals surface area contributed by atoms with Gasteiger partial charge in [-0.2, -0.15) is 0 Å². The van der Waals surface area contributed by atoms with E-state index in [9.17, 15) is 0 Å². The number of rotatable bonds is 7. The van der Waals surface area contributed by atoms with Gasteiger partial charge in [0.15, 0.2) is 0 Å². The molecule has 1 fully saturated rings. The van der Waals surface area contributed by atoms with Crippen molar-refractivity contribution >= 4 is 0 Å². The van der Waals surface area contributed by atoms with Crippen molar-refractivity contribution in [3.05, 3.63) is 35.9 Å². The first-order valence-corrected chi connectivity index (χ1v) is 8.69. The van der Waals surface area contributed by atoms with Crippen molar-refractivity contribution in [1.82, 2.24) is 5.32 Å². The van der Waals surface area contributed by atoms with Crippen LogP contribution in [0.1, 0.15) is 65.4 Å². The molecule has 1 aromatic carbocycles. The molecule has 0 spiro atoms. The van der Waals surface area contributed by atoms with Crippen LogP contribution in [0.15, 0.2) is 30.3 Å². The minimum Gasteiger partial charge on any atom is -0.314 e. The van der Waals surface area contributed by atoms with Crippen molar-refractivity contribution in [3.63, 3.8) is 0 Å². The van der Waals surface area contributed by atoms with E-state index in [2.05, 4.69) is 70.3 Å².